The molecule has 2 amide bonds. The highest BCUT2D eigenvalue weighted by Gasteiger charge is 2.22. The van der Waals surface area contributed by atoms with Crippen molar-refractivity contribution in [2.24, 2.45) is 0 Å². The molecule has 148 valence electrons. The summed E-state index contributed by atoms with van der Waals surface area (Å²) in [6.07, 6.45) is 6.17. The average molecular weight is 392 g/mol. The third-order valence-electron chi connectivity index (χ3n) is 5.07. The van der Waals surface area contributed by atoms with Gasteiger partial charge in [0.25, 0.3) is 5.91 Å². The highest BCUT2D eigenvalue weighted by atomic mass is 32.1. The lowest BCUT2D eigenvalue weighted by Crippen LogP contribution is -2.37. The number of hydrogen-bond acceptors (Lipinski definition) is 5. The van der Waals surface area contributed by atoms with Crippen molar-refractivity contribution in [3.8, 4) is 0 Å². The van der Waals surface area contributed by atoms with Gasteiger partial charge in [-0.1, -0.05) is 19.3 Å². The second-order valence-electron chi connectivity index (χ2n) is 7.37. The van der Waals surface area contributed by atoms with Crippen LogP contribution in [0.1, 0.15) is 53.5 Å². The Morgan fingerprint density at radius 3 is 2.70 bits per heavy atom. The molecule has 2 heterocycles. The van der Waals surface area contributed by atoms with Gasteiger partial charge in [0.1, 0.15) is 4.83 Å². The molecule has 3 rings (SSSR count). The predicted octanol–water partition coefficient (Wildman–Crippen LogP) is 2.32. The molecular weight excluding hydrogens is 362 g/mol. The smallest absolute Gasteiger partial charge is 0.261 e. The Balaban J connectivity index is 1.58. The molecule has 2 aromatic rings. The van der Waals surface area contributed by atoms with Crippen LogP contribution in [0, 0.1) is 6.92 Å². The summed E-state index contributed by atoms with van der Waals surface area (Å²) in [6.45, 7) is 3.34. The standard InChI is InChI=1S/C19H29N5O2S/c1-13-15-11-16(18(26)21-10-9-20-12-17(25)23(2)3)27-19(15)24(22-13)14-7-5-4-6-8-14/h11,14,20H,4-10,12H2,1-3H3,(H,21,26). The molecule has 27 heavy (non-hydrogen) atoms. The summed E-state index contributed by atoms with van der Waals surface area (Å²) >= 11 is 1.53. The van der Waals surface area contributed by atoms with Gasteiger partial charge in [-0.25, -0.2) is 0 Å². The van der Waals surface area contributed by atoms with Crippen LogP contribution in [0.2, 0.25) is 0 Å². The summed E-state index contributed by atoms with van der Waals surface area (Å²) in [5.74, 6) is -0.0416. The van der Waals surface area contributed by atoms with E-state index in [0.717, 1.165) is 20.8 Å². The van der Waals surface area contributed by atoms with Crippen molar-refractivity contribution in [3.63, 3.8) is 0 Å². The van der Waals surface area contributed by atoms with Gasteiger partial charge in [-0.05, 0) is 25.8 Å². The van der Waals surface area contributed by atoms with Crippen molar-refractivity contribution in [3.05, 3.63) is 16.6 Å². The zero-order valence-corrected chi connectivity index (χ0v) is 17.2. The molecule has 0 radical (unpaired) electrons. The summed E-state index contributed by atoms with van der Waals surface area (Å²) < 4.78 is 2.15. The molecule has 0 saturated heterocycles. The monoisotopic (exact) mass is 391 g/mol. The van der Waals surface area contributed by atoms with Gasteiger partial charge in [-0.3, -0.25) is 14.3 Å². The summed E-state index contributed by atoms with van der Waals surface area (Å²) in [7, 11) is 3.45. The van der Waals surface area contributed by atoms with Crippen LogP contribution < -0.4 is 10.6 Å². The molecule has 0 unspecified atom stereocenters. The molecule has 2 aromatic heterocycles. The molecule has 1 aliphatic carbocycles. The average Bonchev–Trinajstić information content (AvgIpc) is 3.22. The van der Waals surface area contributed by atoms with Crippen LogP contribution in [0.5, 0.6) is 0 Å². The number of carbonyl (C=O) groups is 2. The number of nitrogens with one attached hydrogen (secondary N) is 2. The van der Waals surface area contributed by atoms with Gasteiger partial charge in [0.15, 0.2) is 0 Å². The van der Waals surface area contributed by atoms with Gasteiger partial charge in [0.05, 0.1) is 23.2 Å². The van der Waals surface area contributed by atoms with Crippen LogP contribution in [-0.4, -0.2) is 60.2 Å². The molecule has 0 aromatic carbocycles. The van der Waals surface area contributed by atoms with Crippen LogP contribution in [0.3, 0.4) is 0 Å². The molecule has 8 heteroatoms. The Kier molecular flexibility index (Phi) is 6.49. The summed E-state index contributed by atoms with van der Waals surface area (Å²) in [5.41, 5.74) is 0.995. The fourth-order valence-corrected chi connectivity index (χ4v) is 4.61. The number of fused-ring (bicyclic) bond motifs is 1. The van der Waals surface area contributed by atoms with Crippen molar-refractivity contribution in [2.75, 3.05) is 33.7 Å². The molecule has 0 aliphatic heterocycles. The Bertz CT molecular complexity index is 804. The number of aromatic nitrogens is 2. The number of aryl methyl sites for hydroxylation is 1. The Morgan fingerprint density at radius 1 is 1.26 bits per heavy atom. The number of carbonyl (C=O) groups excluding carboxylic acids is 2. The van der Waals surface area contributed by atoms with E-state index in [9.17, 15) is 9.59 Å². The van der Waals surface area contributed by atoms with Crippen LogP contribution in [-0.2, 0) is 4.79 Å². The van der Waals surface area contributed by atoms with Crippen molar-refractivity contribution in [1.82, 2.24) is 25.3 Å². The van der Waals surface area contributed by atoms with E-state index < -0.39 is 0 Å². The van der Waals surface area contributed by atoms with Crippen LogP contribution >= 0.6 is 11.3 Å². The van der Waals surface area contributed by atoms with Crippen LogP contribution in [0.25, 0.3) is 10.2 Å². The van der Waals surface area contributed by atoms with E-state index in [2.05, 4.69) is 15.3 Å². The maximum Gasteiger partial charge on any atom is 0.261 e. The largest absolute Gasteiger partial charge is 0.350 e. The van der Waals surface area contributed by atoms with E-state index in [1.807, 2.05) is 13.0 Å². The number of hydrogen-bond donors (Lipinski definition) is 2. The van der Waals surface area contributed by atoms with Gasteiger partial charge in [0, 0.05) is 32.6 Å². The van der Waals surface area contributed by atoms with E-state index in [1.165, 1.54) is 43.4 Å². The Hall–Kier alpha value is -1.93. The molecule has 1 aliphatic rings. The number of rotatable bonds is 7. The third-order valence-corrected chi connectivity index (χ3v) is 6.20. The normalized spacial score (nSPS) is 15.2. The minimum absolute atomic E-state index is 0.0218. The third kappa shape index (κ3) is 4.68. The van der Waals surface area contributed by atoms with Crippen molar-refractivity contribution in [2.45, 2.75) is 45.1 Å². The molecule has 7 nitrogen and oxygen atoms in total. The lowest BCUT2D eigenvalue weighted by atomic mass is 9.96. The second kappa shape index (κ2) is 8.84. The van der Waals surface area contributed by atoms with Gasteiger partial charge < -0.3 is 15.5 Å². The number of nitrogens with zero attached hydrogens (tertiary/aromatic N) is 3. The zero-order valence-electron chi connectivity index (χ0n) is 16.4. The van der Waals surface area contributed by atoms with Gasteiger partial charge in [-0.15, -0.1) is 11.3 Å². The van der Waals surface area contributed by atoms with E-state index in [-0.39, 0.29) is 18.4 Å². The van der Waals surface area contributed by atoms with Gasteiger partial charge >= 0.3 is 0 Å². The number of thiophene rings is 1. The highest BCUT2D eigenvalue weighted by molar-refractivity contribution is 7.20. The molecule has 1 saturated carbocycles. The quantitative estimate of drug-likeness (QED) is 0.710. The van der Waals surface area contributed by atoms with E-state index in [0.29, 0.717) is 19.1 Å². The van der Waals surface area contributed by atoms with E-state index in [4.69, 9.17) is 5.10 Å². The molecule has 0 bridgehead atoms. The van der Waals surface area contributed by atoms with Gasteiger partial charge in [0.2, 0.25) is 5.91 Å². The Morgan fingerprint density at radius 2 is 2.00 bits per heavy atom. The zero-order chi connectivity index (χ0) is 19.4. The first-order valence-electron chi connectivity index (χ1n) is 9.65. The molecule has 1 fully saturated rings. The lowest BCUT2D eigenvalue weighted by Gasteiger charge is -2.22. The fourth-order valence-electron chi connectivity index (χ4n) is 3.46. The lowest BCUT2D eigenvalue weighted by molar-refractivity contribution is -0.127. The first kappa shape index (κ1) is 19.8. The van der Waals surface area contributed by atoms with Crippen LogP contribution in [0.15, 0.2) is 6.07 Å². The van der Waals surface area contributed by atoms with Crippen molar-refractivity contribution < 1.29 is 9.59 Å². The first-order chi connectivity index (χ1) is 13.0. The van der Waals surface area contributed by atoms with Gasteiger partial charge in [-0.2, -0.15) is 5.10 Å². The Labute approximate surface area is 164 Å². The number of likely N-dealkylation sites (N-methyl/N-ethyl adjacent to an activating group) is 1. The minimum atomic E-state index is -0.0634. The topological polar surface area (TPSA) is 79.3 Å². The molecule has 2 N–H and O–H groups in total. The molecule has 0 spiro atoms. The fraction of sp³-hybridized carbons (Fsp3) is 0.632. The SMILES string of the molecule is Cc1nn(C2CCCCC2)c2sc(C(=O)NCCNCC(=O)N(C)C)cc12. The maximum atomic E-state index is 12.5. The van der Waals surface area contributed by atoms with E-state index >= 15 is 0 Å². The molecule has 0 atom stereocenters. The first-order valence-corrected chi connectivity index (χ1v) is 10.5. The summed E-state index contributed by atoms with van der Waals surface area (Å²) in [4.78, 5) is 27.4. The van der Waals surface area contributed by atoms with E-state index in [1.54, 1.807) is 19.0 Å². The summed E-state index contributed by atoms with van der Waals surface area (Å²) in [6, 6.07) is 2.42. The van der Waals surface area contributed by atoms with Crippen molar-refractivity contribution >= 4 is 33.4 Å². The summed E-state index contributed by atoms with van der Waals surface area (Å²) in [5, 5.41) is 11.8. The minimum Gasteiger partial charge on any atom is -0.350 e. The second-order valence-corrected chi connectivity index (χ2v) is 8.40. The number of amides is 2. The van der Waals surface area contributed by atoms with Crippen molar-refractivity contribution in [1.29, 1.82) is 0 Å². The predicted molar refractivity (Wildman–Crippen MR) is 108 cm³/mol. The molecular formula is C19H29N5O2S. The van der Waals surface area contributed by atoms with Crippen LogP contribution in [0.4, 0.5) is 0 Å². The maximum absolute atomic E-state index is 12.5. The highest BCUT2D eigenvalue weighted by Crippen LogP contribution is 2.35.